The van der Waals surface area contributed by atoms with E-state index in [1.54, 1.807) is 58.9 Å². The van der Waals surface area contributed by atoms with E-state index in [2.05, 4.69) is 20.6 Å². The van der Waals surface area contributed by atoms with E-state index in [4.69, 9.17) is 4.74 Å². The van der Waals surface area contributed by atoms with Crippen molar-refractivity contribution in [3.8, 4) is 17.3 Å². The van der Waals surface area contributed by atoms with Gasteiger partial charge in [-0.3, -0.25) is 0 Å². The SMILES string of the molecule is CC(C)(C)OC(=O)NC(C)(C)c1ccc(-c2nc(Nc3ccc(F)c(C(F)(F)F)c3)ncc2C#N)cc1. The molecule has 3 rings (SSSR count). The third kappa shape index (κ3) is 6.94. The van der Waals surface area contributed by atoms with E-state index in [1.807, 2.05) is 6.07 Å². The van der Waals surface area contributed by atoms with Crippen LogP contribution in [-0.2, 0) is 16.5 Å². The van der Waals surface area contributed by atoms with E-state index in [1.165, 1.54) is 6.20 Å². The zero-order chi connectivity index (χ0) is 27.6. The minimum Gasteiger partial charge on any atom is -0.444 e. The van der Waals surface area contributed by atoms with Crippen molar-refractivity contribution in [2.45, 2.75) is 51.9 Å². The molecule has 0 aliphatic carbocycles. The van der Waals surface area contributed by atoms with Crippen LogP contribution in [0.3, 0.4) is 0 Å². The molecule has 0 fully saturated rings. The van der Waals surface area contributed by atoms with Crippen molar-refractivity contribution in [3.05, 3.63) is 71.2 Å². The van der Waals surface area contributed by atoms with Crippen LogP contribution in [0.15, 0.2) is 48.7 Å². The molecule has 0 aliphatic rings. The maximum Gasteiger partial charge on any atom is 0.419 e. The van der Waals surface area contributed by atoms with Crippen LogP contribution in [0.5, 0.6) is 0 Å². The summed E-state index contributed by atoms with van der Waals surface area (Å²) in [5, 5.41) is 14.9. The normalized spacial score (nSPS) is 12.0. The Labute approximate surface area is 211 Å². The number of benzene rings is 2. The monoisotopic (exact) mass is 515 g/mol. The summed E-state index contributed by atoms with van der Waals surface area (Å²) in [4.78, 5) is 20.5. The fourth-order valence-electron chi connectivity index (χ4n) is 3.37. The Morgan fingerprint density at radius 2 is 1.68 bits per heavy atom. The van der Waals surface area contributed by atoms with Gasteiger partial charge in [-0.1, -0.05) is 24.3 Å². The van der Waals surface area contributed by atoms with Gasteiger partial charge < -0.3 is 15.4 Å². The number of alkyl halides is 3. The highest BCUT2D eigenvalue weighted by Crippen LogP contribution is 2.34. The topological polar surface area (TPSA) is 99.9 Å². The standard InChI is InChI=1S/C26H25F4N5O2/c1-24(2,3)37-23(36)35-25(4,5)17-8-6-15(7-9-17)21-16(13-31)14-32-22(34-21)33-18-10-11-20(27)19(12-18)26(28,29)30/h6-12,14H,1-5H3,(H,35,36)(H,32,33,34). The van der Waals surface area contributed by atoms with E-state index in [0.29, 0.717) is 17.7 Å². The molecule has 0 aliphatic heterocycles. The minimum absolute atomic E-state index is 0.0744. The lowest BCUT2D eigenvalue weighted by molar-refractivity contribution is -0.139. The Kier molecular flexibility index (Phi) is 7.44. The zero-order valence-corrected chi connectivity index (χ0v) is 20.8. The molecule has 1 heterocycles. The van der Waals surface area contributed by atoms with Gasteiger partial charge in [-0.05, 0) is 58.4 Å². The fourth-order valence-corrected chi connectivity index (χ4v) is 3.37. The molecule has 0 saturated carbocycles. The van der Waals surface area contributed by atoms with Crippen LogP contribution in [0.1, 0.15) is 51.3 Å². The van der Waals surface area contributed by atoms with Gasteiger partial charge in [0.05, 0.1) is 28.6 Å². The van der Waals surface area contributed by atoms with Crippen LogP contribution >= 0.6 is 0 Å². The summed E-state index contributed by atoms with van der Waals surface area (Å²) in [5.41, 5.74) is -1.27. The number of carbonyl (C=O) groups is 1. The van der Waals surface area contributed by atoms with E-state index in [0.717, 1.165) is 11.6 Å². The van der Waals surface area contributed by atoms with Gasteiger partial charge in [0.25, 0.3) is 0 Å². The first kappa shape index (κ1) is 27.4. The Morgan fingerprint density at radius 1 is 1.03 bits per heavy atom. The highest BCUT2D eigenvalue weighted by Gasteiger charge is 2.34. The molecule has 1 amide bonds. The zero-order valence-electron chi connectivity index (χ0n) is 20.8. The number of amides is 1. The lowest BCUT2D eigenvalue weighted by Crippen LogP contribution is -2.43. The van der Waals surface area contributed by atoms with Crippen molar-refractivity contribution < 1.29 is 27.1 Å². The number of carbonyl (C=O) groups excluding carboxylic acids is 1. The van der Waals surface area contributed by atoms with Gasteiger partial charge in [0.1, 0.15) is 17.5 Å². The Hall–Kier alpha value is -4.20. The molecule has 0 bridgehead atoms. The van der Waals surface area contributed by atoms with Crippen molar-refractivity contribution in [2.24, 2.45) is 0 Å². The number of ether oxygens (including phenoxy) is 1. The molecule has 0 saturated heterocycles. The molecule has 2 N–H and O–H groups in total. The van der Waals surface area contributed by atoms with Crippen LogP contribution in [0.2, 0.25) is 0 Å². The van der Waals surface area contributed by atoms with Gasteiger partial charge >= 0.3 is 12.3 Å². The number of hydrogen-bond acceptors (Lipinski definition) is 6. The van der Waals surface area contributed by atoms with E-state index >= 15 is 0 Å². The number of aromatic nitrogens is 2. The van der Waals surface area contributed by atoms with Crippen LogP contribution < -0.4 is 10.6 Å². The van der Waals surface area contributed by atoms with Gasteiger partial charge in [-0.25, -0.2) is 19.2 Å². The third-order valence-electron chi connectivity index (χ3n) is 5.13. The number of hydrogen-bond donors (Lipinski definition) is 2. The van der Waals surface area contributed by atoms with Crippen molar-refractivity contribution in [1.29, 1.82) is 5.26 Å². The van der Waals surface area contributed by atoms with E-state index in [-0.39, 0.29) is 22.9 Å². The predicted molar refractivity (Wildman–Crippen MR) is 129 cm³/mol. The second kappa shape index (κ2) is 10.0. The van der Waals surface area contributed by atoms with Crippen LogP contribution in [-0.4, -0.2) is 21.7 Å². The van der Waals surface area contributed by atoms with E-state index in [9.17, 15) is 27.6 Å². The highest BCUT2D eigenvalue weighted by molar-refractivity contribution is 5.70. The maximum absolute atomic E-state index is 13.6. The molecule has 0 unspecified atom stereocenters. The second-order valence-corrected chi connectivity index (χ2v) is 9.71. The van der Waals surface area contributed by atoms with Gasteiger partial charge in [0.2, 0.25) is 5.95 Å². The summed E-state index contributed by atoms with van der Waals surface area (Å²) in [6, 6.07) is 11.3. The molecule has 11 heteroatoms. The molecule has 0 spiro atoms. The molecule has 0 atom stereocenters. The maximum atomic E-state index is 13.6. The number of alkyl carbamates (subject to hydrolysis) is 1. The van der Waals surface area contributed by atoms with Gasteiger partial charge in [0, 0.05) is 11.3 Å². The van der Waals surface area contributed by atoms with Crippen molar-refractivity contribution in [3.63, 3.8) is 0 Å². The average molecular weight is 516 g/mol. The number of nitrogens with zero attached hydrogens (tertiary/aromatic N) is 3. The summed E-state index contributed by atoms with van der Waals surface area (Å²) in [5.74, 6) is -1.48. The number of nitrogens with one attached hydrogen (secondary N) is 2. The summed E-state index contributed by atoms with van der Waals surface area (Å²) >= 11 is 0. The largest absolute Gasteiger partial charge is 0.444 e. The third-order valence-corrected chi connectivity index (χ3v) is 5.13. The van der Waals surface area contributed by atoms with Gasteiger partial charge in [-0.2, -0.15) is 18.4 Å². The molecular formula is C26H25F4N5O2. The molecule has 3 aromatic rings. The molecule has 0 radical (unpaired) electrons. The van der Waals surface area contributed by atoms with Crippen LogP contribution in [0.4, 0.5) is 34.0 Å². The number of rotatable bonds is 5. The minimum atomic E-state index is -4.87. The van der Waals surface area contributed by atoms with E-state index < -0.39 is 34.8 Å². The molecule has 7 nitrogen and oxygen atoms in total. The predicted octanol–water partition coefficient (Wildman–Crippen LogP) is 6.68. The van der Waals surface area contributed by atoms with Crippen LogP contribution in [0.25, 0.3) is 11.3 Å². The summed E-state index contributed by atoms with van der Waals surface area (Å²) in [6.07, 6.45) is -4.21. The lowest BCUT2D eigenvalue weighted by Gasteiger charge is -2.29. The Balaban J connectivity index is 1.87. The summed E-state index contributed by atoms with van der Waals surface area (Å²) in [7, 11) is 0. The lowest BCUT2D eigenvalue weighted by atomic mass is 9.93. The summed E-state index contributed by atoms with van der Waals surface area (Å²) < 4.78 is 58.1. The Bertz CT molecular complexity index is 1340. The number of halogens is 4. The highest BCUT2D eigenvalue weighted by atomic mass is 19.4. The quantitative estimate of drug-likeness (QED) is 0.368. The molecular weight excluding hydrogens is 490 g/mol. The molecule has 37 heavy (non-hydrogen) atoms. The van der Waals surface area contributed by atoms with Crippen molar-refractivity contribution in [2.75, 3.05) is 5.32 Å². The van der Waals surface area contributed by atoms with Crippen LogP contribution in [0, 0.1) is 17.1 Å². The van der Waals surface area contributed by atoms with Crippen molar-refractivity contribution in [1.82, 2.24) is 15.3 Å². The number of anilines is 2. The first-order valence-corrected chi connectivity index (χ1v) is 11.1. The smallest absolute Gasteiger partial charge is 0.419 e. The summed E-state index contributed by atoms with van der Waals surface area (Å²) in [6.45, 7) is 8.89. The second-order valence-electron chi connectivity index (χ2n) is 9.71. The molecule has 194 valence electrons. The molecule has 1 aromatic heterocycles. The first-order chi connectivity index (χ1) is 17.1. The van der Waals surface area contributed by atoms with Crippen molar-refractivity contribution >= 4 is 17.7 Å². The Morgan fingerprint density at radius 3 is 2.24 bits per heavy atom. The molecule has 2 aromatic carbocycles. The first-order valence-electron chi connectivity index (χ1n) is 11.1. The average Bonchev–Trinajstić information content (AvgIpc) is 2.78. The fraction of sp³-hybridized carbons (Fsp3) is 0.308. The van der Waals surface area contributed by atoms with Gasteiger partial charge in [0.15, 0.2) is 0 Å². The van der Waals surface area contributed by atoms with Gasteiger partial charge in [-0.15, -0.1) is 0 Å². The number of nitriles is 1.